The second-order valence-electron chi connectivity index (χ2n) is 5.19. The predicted octanol–water partition coefficient (Wildman–Crippen LogP) is 1.35. The standard InChI is InChI=1S/C16H15N3O4S/c20-15(18-21)8-5-12-3-6-14(7-4-12)24(22,23)19-11-9-13-2-1-10-17-16(13)19/h1-8,10,21H,9,11H2,(H,18,20)/b8-5+. The number of nitrogens with zero attached hydrogens (tertiary/aromatic N) is 2. The molecule has 0 atom stereocenters. The summed E-state index contributed by atoms with van der Waals surface area (Å²) in [6.07, 6.45) is 4.82. The van der Waals surface area contributed by atoms with E-state index in [4.69, 9.17) is 5.21 Å². The molecule has 1 aromatic heterocycles. The molecule has 1 amide bonds. The van der Waals surface area contributed by atoms with Gasteiger partial charge in [0, 0.05) is 18.8 Å². The van der Waals surface area contributed by atoms with Gasteiger partial charge in [0.05, 0.1) is 4.90 Å². The molecule has 3 rings (SSSR count). The van der Waals surface area contributed by atoms with E-state index in [0.717, 1.165) is 11.6 Å². The van der Waals surface area contributed by atoms with Crippen molar-refractivity contribution in [1.82, 2.24) is 10.5 Å². The minimum absolute atomic E-state index is 0.157. The first-order chi connectivity index (χ1) is 11.5. The summed E-state index contributed by atoms with van der Waals surface area (Å²) in [5.41, 5.74) is 3.03. The number of amides is 1. The third-order valence-corrected chi connectivity index (χ3v) is 5.50. The second kappa shape index (κ2) is 6.42. The monoisotopic (exact) mass is 345 g/mol. The smallest absolute Gasteiger partial charge is 0.267 e. The molecule has 1 aliphatic rings. The Morgan fingerprint density at radius 1 is 1.25 bits per heavy atom. The third kappa shape index (κ3) is 3.01. The lowest BCUT2D eigenvalue weighted by molar-refractivity contribution is -0.124. The molecule has 7 nitrogen and oxygen atoms in total. The number of aromatic nitrogens is 1. The summed E-state index contributed by atoms with van der Waals surface area (Å²) >= 11 is 0. The number of benzene rings is 1. The molecule has 0 saturated carbocycles. The molecule has 0 spiro atoms. The summed E-state index contributed by atoms with van der Waals surface area (Å²) in [5.74, 6) is -0.187. The predicted molar refractivity (Wildman–Crippen MR) is 87.9 cm³/mol. The van der Waals surface area contributed by atoms with Crippen molar-refractivity contribution in [2.45, 2.75) is 11.3 Å². The second-order valence-corrected chi connectivity index (χ2v) is 7.05. The van der Waals surface area contributed by atoms with Crippen LogP contribution >= 0.6 is 0 Å². The van der Waals surface area contributed by atoms with Crippen molar-refractivity contribution >= 4 is 27.8 Å². The first kappa shape index (κ1) is 16.2. The number of carbonyl (C=O) groups is 1. The Hall–Kier alpha value is -2.71. The molecular weight excluding hydrogens is 330 g/mol. The summed E-state index contributed by atoms with van der Waals surface area (Å²) in [4.78, 5) is 15.3. The first-order valence-electron chi connectivity index (χ1n) is 7.21. The van der Waals surface area contributed by atoms with Gasteiger partial charge in [0.2, 0.25) is 0 Å². The number of sulfonamides is 1. The molecule has 1 aromatic carbocycles. The average Bonchev–Trinajstić information content (AvgIpc) is 3.05. The average molecular weight is 345 g/mol. The Balaban J connectivity index is 1.86. The van der Waals surface area contributed by atoms with Gasteiger partial charge >= 0.3 is 0 Å². The van der Waals surface area contributed by atoms with Crippen molar-refractivity contribution in [2.75, 3.05) is 10.8 Å². The van der Waals surface area contributed by atoms with E-state index >= 15 is 0 Å². The van der Waals surface area contributed by atoms with Gasteiger partial charge in [-0.05, 0) is 41.8 Å². The van der Waals surface area contributed by atoms with E-state index in [2.05, 4.69) is 4.98 Å². The van der Waals surface area contributed by atoms with E-state index < -0.39 is 15.9 Å². The fourth-order valence-corrected chi connectivity index (χ4v) is 3.96. The lowest BCUT2D eigenvalue weighted by atomic mass is 10.2. The summed E-state index contributed by atoms with van der Waals surface area (Å²) < 4.78 is 26.9. The topological polar surface area (TPSA) is 99.6 Å². The van der Waals surface area contributed by atoms with Crippen LogP contribution in [-0.4, -0.2) is 31.1 Å². The summed E-state index contributed by atoms with van der Waals surface area (Å²) in [7, 11) is -3.68. The maximum Gasteiger partial charge on any atom is 0.267 e. The molecule has 124 valence electrons. The van der Waals surface area contributed by atoms with E-state index in [1.165, 1.54) is 28.0 Å². The van der Waals surface area contributed by atoms with Crippen LogP contribution in [-0.2, 0) is 21.2 Å². The molecule has 2 heterocycles. The molecule has 0 bridgehead atoms. The van der Waals surface area contributed by atoms with Crippen molar-refractivity contribution in [2.24, 2.45) is 0 Å². The highest BCUT2D eigenvalue weighted by molar-refractivity contribution is 7.92. The zero-order valence-electron chi connectivity index (χ0n) is 12.6. The number of rotatable bonds is 4. The van der Waals surface area contributed by atoms with E-state index in [1.807, 2.05) is 6.07 Å². The highest BCUT2D eigenvalue weighted by atomic mass is 32.2. The number of pyridine rings is 1. The molecule has 8 heteroatoms. The van der Waals surface area contributed by atoms with Crippen molar-refractivity contribution < 1.29 is 18.4 Å². The van der Waals surface area contributed by atoms with E-state index in [-0.39, 0.29) is 4.90 Å². The SMILES string of the molecule is O=C(/C=C/c1ccc(S(=O)(=O)N2CCc3cccnc32)cc1)NO. The maximum atomic E-state index is 12.8. The molecule has 0 unspecified atom stereocenters. The first-order valence-corrected chi connectivity index (χ1v) is 8.65. The van der Waals surface area contributed by atoms with E-state index in [9.17, 15) is 13.2 Å². The van der Waals surface area contributed by atoms with Crippen LogP contribution in [0.25, 0.3) is 6.08 Å². The number of hydrogen-bond donors (Lipinski definition) is 2. The van der Waals surface area contributed by atoms with Gasteiger partial charge in [-0.1, -0.05) is 18.2 Å². The summed E-state index contributed by atoms with van der Waals surface area (Å²) in [5, 5.41) is 8.42. The summed E-state index contributed by atoms with van der Waals surface area (Å²) in [6, 6.07) is 9.79. The van der Waals surface area contributed by atoms with Crippen LogP contribution in [0, 0.1) is 0 Å². The van der Waals surface area contributed by atoms with Gasteiger partial charge in [-0.3, -0.25) is 10.0 Å². The molecule has 2 N–H and O–H groups in total. The minimum Gasteiger partial charge on any atom is -0.288 e. The fourth-order valence-electron chi connectivity index (χ4n) is 2.50. The quantitative estimate of drug-likeness (QED) is 0.495. The molecule has 2 aromatic rings. The van der Waals surface area contributed by atoms with Gasteiger partial charge in [-0.25, -0.2) is 23.2 Å². The normalized spacial score (nSPS) is 14.0. The molecule has 1 aliphatic heterocycles. The van der Waals surface area contributed by atoms with Gasteiger partial charge in [-0.2, -0.15) is 0 Å². The van der Waals surface area contributed by atoms with Crippen LogP contribution in [0.15, 0.2) is 53.6 Å². The number of hydrogen-bond acceptors (Lipinski definition) is 5. The zero-order valence-corrected chi connectivity index (χ0v) is 13.4. The molecule has 0 fully saturated rings. The maximum absolute atomic E-state index is 12.8. The lowest BCUT2D eigenvalue weighted by Crippen LogP contribution is -2.29. The Morgan fingerprint density at radius 2 is 2.00 bits per heavy atom. The largest absolute Gasteiger partial charge is 0.288 e. The molecular formula is C16H15N3O4S. The van der Waals surface area contributed by atoms with Crippen LogP contribution < -0.4 is 9.79 Å². The number of anilines is 1. The molecule has 24 heavy (non-hydrogen) atoms. The minimum atomic E-state index is -3.68. The molecule has 0 saturated heterocycles. The summed E-state index contributed by atoms with van der Waals surface area (Å²) in [6.45, 7) is 0.368. The van der Waals surface area contributed by atoms with Crippen LogP contribution in [0.5, 0.6) is 0 Å². The van der Waals surface area contributed by atoms with Crippen molar-refractivity contribution in [3.05, 3.63) is 59.8 Å². The van der Waals surface area contributed by atoms with Crippen LogP contribution in [0.1, 0.15) is 11.1 Å². The molecule has 0 radical (unpaired) electrons. The number of hydroxylamine groups is 1. The van der Waals surface area contributed by atoms with Gasteiger partial charge in [0.1, 0.15) is 5.82 Å². The Kier molecular flexibility index (Phi) is 4.32. The third-order valence-electron chi connectivity index (χ3n) is 3.69. The number of carbonyl (C=O) groups excluding carboxylic acids is 1. The van der Waals surface area contributed by atoms with Crippen LogP contribution in [0.3, 0.4) is 0 Å². The van der Waals surface area contributed by atoms with Crippen molar-refractivity contribution in [1.29, 1.82) is 0 Å². The van der Waals surface area contributed by atoms with Gasteiger partial charge in [-0.15, -0.1) is 0 Å². The van der Waals surface area contributed by atoms with E-state index in [0.29, 0.717) is 24.3 Å². The number of nitrogens with one attached hydrogen (secondary N) is 1. The number of fused-ring (bicyclic) bond motifs is 1. The zero-order chi connectivity index (χ0) is 17.2. The van der Waals surface area contributed by atoms with Gasteiger partial charge < -0.3 is 0 Å². The van der Waals surface area contributed by atoms with Crippen molar-refractivity contribution in [3.8, 4) is 0 Å². The molecule has 0 aliphatic carbocycles. The van der Waals surface area contributed by atoms with Gasteiger partial charge in [0.15, 0.2) is 0 Å². The van der Waals surface area contributed by atoms with E-state index in [1.54, 1.807) is 24.4 Å². The Labute approximate surface area is 139 Å². The highest BCUT2D eigenvalue weighted by Crippen LogP contribution is 2.30. The highest BCUT2D eigenvalue weighted by Gasteiger charge is 2.31. The van der Waals surface area contributed by atoms with Crippen LogP contribution in [0.4, 0.5) is 5.82 Å². The lowest BCUT2D eigenvalue weighted by Gasteiger charge is -2.18. The van der Waals surface area contributed by atoms with Gasteiger partial charge in [0.25, 0.3) is 15.9 Å². The van der Waals surface area contributed by atoms with Crippen LogP contribution in [0.2, 0.25) is 0 Å². The Morgan fingerprint density at radius 3 is 2.71 bits per heavy atom. The fraction of sp³-hybridized carbons (Fsp3) is 0.125. The van der Waals surface area contributed by atoms with Crippen molar-refractivity contribution in [3.63, 3.8) is 0 Å². The Bertz CT molecular complexity index is 892.